The van der Waals surface area contributed by atoms with Crippen LogP contribution < -0.4 is 5.73 Å². The maximum Gasteiger partial charge on any atom is 0.129 e. The van der Waals surface area contributed by atoms with E-state index in [9.17, 15) is 8.78 Å². The van der Waals surface area contributed by atoms with Gasteiger partial charge in [-0.2, -0.15) is 0 Å². The molecule has 1 aliphatic rings. The summed E-state index contributed by atoms with van der Waals surface area (Å²) in [5, 5.41) is 0. The van der Waals surface area contributed by atoms with Gasteiger partial charge in [0.15, 0.2) is 0 Å². The summed E-state index contributed by atoms with van der Waals surface area (Å²) in [5.74, 6) is 0.820. The van der Waals surface area contributed by atoms with Crippen LogP contribution in [0.3, 0.4) is 0 Å². The Kier molecular flexibility index (Phi) is 4.56. The van der Waals surface area contributed by atoms with Gasteiger partial charge in [-0.3, -0.25) is 0 Å². The number of rotatable bonds is 3. The van der Waals surface area contributed by atoms with Crippen LogP contribution in [0, 0.1) is 29.4 Å². The lowest BCUT2D eigenvalue weighted by atomic mass is 9.73. The second-order valence-corrected chi connectivity index (χ2v) is 6.28. The second-order valence-electron chi connectivity index (χ2n) is 6.28. The molecule has 19 heavy (non-hydrogen) atoms. The van der Waals surface area contributed by atoms with Crippen LogP contribution in [-0.4, -0.2) is 6.04 Å². The van der Waals surface area contributed by atoms with Crippen molar-refractivity contribution in [3.63, 3.8) is 0 Å². The average Bonchev–Trinajstić information content (AvgIpc) is 2.31. The number of hydrogen-bond donors (Lipinski definition) is 1. The molecule has 1 nitrogen and oxygen atoms in total. The monoisotopic (exact) mass is 267 g/mol. The lowest BCUT2D eigenvalue weighted by molar-refractivity contribution is 0.192. The predicted octanol–water partition coefficient (Wildman–Crippen LogP) is 3.91. The Labute approximate surface area is 114 Å². The molecule has 0 aromatic heterocycles. The second kappa shape index (κ2) is 6.00. The molecule has 0 radical (unpaired) electrons. The Morgan fingerprint density at radius 1 is 1.16 bits per heavy atom. The molecular formula is C16H23F2N. The van der Waals surface area contributed by atoms with E-state index in [0.717, 1.165) is 18.9 Å². The number of hydrogen-bond acceptors (Lipinski definition) is 1. The first-order chi connectivity index (χ1) is 8.95. The van der Waals surface area contributed by atoms with Crippen molar-refractivity contribution < 1.29 is 8.78 Å². The van der Waals surface area contributed by atoms with Gasteiger partial charge in [-0.15, -0.1) is 0 Å². The molecule has 2 N–H and O–H groups in total. The Hall–Kier alpha value is -0.960. The van der Waals surface area contributed by atoms with E-state index in [1.165, 1.54) is 18.6 Å². The molecule has 0 spiro atoms. The fourth-order valence-electron chi connectivity index (χ4n) is 3.47. The van der Waals surface area contributed by atoms with Crippen molar-refractivity contribution in [1.29, 1.82) is 0 Å². The first kappa shape index (κ1) is 14.4. The van der Waals surface area contributed by atoms with Gasteiger partial charge < -0.3 is 5.73 Å². The van der Waals surface area contributed by atoms with E-state index in [1.54, 1.807) is 0 Å². The fraction of sp³-hybridized carbons (Fsp3) is 0.625. The van der Waals surface area contributed by atoms with E-state index in [4.69, 9.17) is 5.73 Å². The molecule has 0 bridgehead atoms. The van der Waals surface area contributed by atoms with Gasteiger partial charge in [0.1, 0.15) is 11.6 Å². The zero-order chi connectivity index (χ0) is 14.0. The quantitative estimate of drug-likeness (QED) is 0.883. The highest BCUT2D eigenvalue weighted by Gasteiger charge is 2.28. The molecule has 0 amide bonds. The lowest BCUT2D eigenvalue weighted by Crippen LogP contribution is -2.37. The third-order valence-corrected chi connectivity index (χ3v) is 4.29. The van der Waals surface area contributed by atoms with Crippen molar-refractivity contribution in [2.24, 2.45) is 23.5 Å². The molecule has 1 saturated carbocycles. The van der Waals surface area contributed by atoms with Crippen molar-refractivity contribution in [3.8, 4) is 0 Å². The zero-order valence-corrected chi connectivity index (χ0v) is 11.7. The lowest BCUT2D eigenvalue weighted by Gasteiger charge is -2.35. The Morgan fingerprint density at radius 3 is 2.37 bits per heavy atom. The molecule has 0 saturated heterocycles. The smallest absolute Gasteiger partial charge is 0.129 e. The van der Waals surface area contributed by atoms with Gasteiger partial charge in [-0.05, 0) is 55.1 Å². The van der Waals surface area contributed by atoms with E-state index in [1.807, 2.05) is 0 Å². The predicted molar refractivity (Wildman–Crippen MR) is 73.7 cm³/mol. The topological polar surface area (TPSA) is 26.0 Å². The van der Waals surface area contributed by atoms with Crippen molar-refractivity contribution in [2.75, 3.05) is 0 Å². The normalized spacial score (nSPS) is 29.2. The molecule has 2 rings (SSSR count). The van der Waals surface area contributed by atoms with Crippen LogP contribution in [0.4, 0.5) is 8.78 Å². The first-order valence-electron chi connectivity index (χ1n) is 7.15. The molecule has 0 aliphatic heterocycles. The summed E-state index contributed by atoms with van der Waals surface area (Å²) in [7, 11) is 0. The van der Waals surface area contributed by atoms with Crippen LogP contribution in [-0.2, 0) is 6.42 Å². The van der Waals surface area contributed by atoms with Crippen LogP contribution in [0.15, 0.2) is 18.2 Å². The molecule has 1 aromatic rings. The highest BCUT2D eigenvalue weighted by molar-refractivity contribution is 5.19. The zero-order valence-electron chi connectivity index (χ0n) is 11.7. The van der Waals surface area contributed by atoms with Crippen LogP contribution in [0.5, 0.6) is 0 Å². The largest absolute Gasteiger partial charge is 0.327 e. The average molecular weight is 267 g/mol. The third kappa shape index (κ3) is 3.75. The summed E-state index contributed by atoms with van der Waals surface area (Å²) in [6.45, 7) is 4.52. The summed E-state index contributed by atoms with van der Waals surface area (Å²) in [5.41, 5.74) is 6.78. The maximum atomic E-state index is 13.6. The summed E-state index contributed by atoms with van der Waals surface area (Å²) in [6, 6.07) is 3.72. The van der Waals surface area contributed by atoms with E-state index in [0.29, 0.717) is 29.7 Å². The van der Waals surface area contributed by atoms with Gasteiger partial charge >= 0.3 is 0 Å². The number of halogens is 2. The van der Waals surface area contributed by atoms with Crippen molar-refractivity contribution in [2.45, 2.75) is 45.6 Å². The van der Waals surface area contributed by atoms with Crippen molar-refractivity contribution in [1.82, 2.24) is 0 Å². The van der Waals surface area contributed by atoms with Gasteiger partial charge in [0, 0.05) is 12.1 Å². The Morgan fingerprint density at radius 2 is 1.79 bits per heavy atom. The van der Waals surface area contributed by atoms with Gasteiger partial charge in [0.2, 0.25) is 0 Å². The van der Waals surface area contributed by atoms with Crippen molar-refractivity contribution >= 4 is 0 Å². The van der Waals surface area contributed by atoms with E-state index >= 15 is 0 Å². The van der Waals surface area contributed by atoms with Gasteiger partial charge in [0.25, 0.3) is 0 Å². The SMILES string of the molecule is CC1CC(C)CC(C(N)Cc2ccc(F)cc2F)C1. The van der Waals surface area contributed by atoms with E-state index in [2.05, 4.69) is 13.8 Å². The fourth-order valence-corrected chi connectivity index (χ4v) is 3.47. The molecule has 1 fully saturated rings. The minimum Gasteiger partial charge on any atom is -0.327 e. The molecule has 0 heterocycles. The standard InChI is InChI=1S/C16H23F2N/c1-10-5-11(2)7-13(6-10)16(19)8-12-3-4-14(17)9-15(12)18/h3-4,9-11,13,16H,5-8,19H2,1-2H3. The molecule has 1 aromatic carbocycles. The number of benzene rings is 1. The summed E-state index contributed by atoms with van der Waals surface area (Å²) >= 11 is 0. The van der Waals surface area contributed by atoms with Crippen LogP contribution in [0.25, 0.3) is 0 Å². The summed E-state index contributed by atoms with van der Waals surface area (Å²) < 4.78 is 26.5. The molecule has 3 heteroatoms. The van der Waals surface area contributed by atoms with Gasteiger partial charge in [0.05, 0.1) is 0 Å². The van der Waals surface area contributed by atoms with Crippen LogP contribution in [0.1, 0.15) is 38.7 Å². The van der Waals surface area contributed by atoms with Crippen molar-refractivity contribution in [3.05, 3.63) is 35.4 Å². The minimum atomic E-state index is -0.533. The number of nitrogens with two attached hydrogens (primary N) is 1. The molecule has 106 valence electrons. The molecule has 3 atom stereocenters. The maximum absolute atomic E-state index is 13.6. The third-order valence-electron chi connectivity index (χ3n) is 4.29. The summed E-state index contributed by atoms with van der Waals surface area (Å²) in [4.78, 5) is 0. The van der Waals surface area contributed by atoms with E-state index in [-0.39, 0.29) is 6.04 Å². The molecule has 1 aliphatic carbocycles. The van der Waals surface area contributed by atoms with Gasteiger partial charge in [-0.25, -0.2) is 8.78 Å². The molecule has 3 unspecified atom stereocenters. The highest BCUT2D eigenvalue weighted by atomic mass is 19.1. The summed E-state index contributed by atoms with van der Waals surface area (Å²) in [6.07, 6.45) is 3.99. The van der Waals surface area contributed by atoms with Gasteiger partial charge in [-0.1, -0.05) is 19.9 Å². The Balaban J connectivity index is 2.02. The van der Waals surface area contributed by atoms with E-state index < -0.39 is 11.6 Å². The van der Waals surface area contributed by atoms with Crippen LogP contribution in [0.2, 0.25) is 0 Å². The van der Waals surface area contributed by atoms with Crippen LogP contribution >= 0.6 is 0 Å². The molecular weight excluding hydrogens is 244 g/mol. The Bertz CT molecular complexity index is 423. The first-order valence-corrected chi connectivity index (χ1v) is 7.15. The highest BCUT2D eigenvalue weighted by Crippen LogP contribution is 2.35. The minimum absolute atomic E-state index is 0.0369.